The molecule has 112 valence electrons. The summed E-state index contributed by atoms with van der Waals surface area (Å²) in [6.07, 6.45) is 0. The van der Waals surface area contributed by atoms with E-state index in [2.05, 4.69) is 23.6 Å². The molecule has 1 N–H and O–H groups in total. The van der Waals surface area contributed by atoms with Crippen molar-refractivity contribution in [2.75, 3.05) is 31.1 Å². The number of benzene rings is 1. The van der Waals surface area contributed by atoms with Gasteiger partial charge in [-0.1, -0.05) is 18.2 Å². The van der Waals surface area contributed by atoms with Crippen LogP contribution in [0.15, 0.2) is 30.3 Å². The molecule has 1 aliphatic rings. The molecule has 1 aromatic heterocycles. The first-order valence-corrected chi connectivity index (χ1v) is 7.67. The van der Waals surface area contributed by atoms with Crippen molar-refractivity contribution in [1.82, 2.24) is 9.88 Å². The van der Waals surface area contributed by atoms with Gasteiger partial charge in [-0.3, -0.25) is 4.90 Å². The number of aromatic nitrogens is 1. The van der Waals surface area contributed by atoms with Gasteiger partial charge in [-0.15, -0.1) is 0 Å². The van der Waals surface area contributed by atoms with Gasteiger partial charge in [0.1, 0.15) is 5.82 Å². The SMILES string of the molecule is CC(C)N1CCN(c2cc(CO)c3ccccc3n2)CC1. The lowest BCUT2D eigenvalue weighted by Crippen LogP contribution is -2.49. The zero-order valence-electron chi connectivity index (χ0n) is 12.8. The van der Waals surface area contributed by atoms with Crippen LogP contribution in [0.2, 0.25) is 0 Å². The minimum atomic E-state index is 0.0575. The van der Waals surface area contributed by atoms with Crippen LogP contribution in [0.25, 0.3) is 10.9 Å². The normalized spacial score (nSPS) is 16.9. The van der Waals surface area contributed by atoms with Gasteiger partial charge in [0, 0.05) is 37.6 Å². The van der Waals surface area contributed by atoms with E-state index in [-0.39, 0.29) is 6.61 Å². The fourth-order valence-corrected chi connectivity index (χ4v) is 2.99. The number of aliphatic hydroxyl groups excluding tert-OH is 1. The quantitative estimate of drug-likeness (QED) is 0.939. The van der Waals surface area contributed by atoms with Crippen molar-refractivity contribution in [2.45, 2.75) is 26.5 Å². The van der Waals surface area contributed by atoms with E-state index < -0.39 is 0 Å². The molecule has 0 atom stereocenters. The molecular formula is C17H23N3O. The fraction of sp³-hybridized carbons (Fsp3) is 0.471. The number of aliphatic hydroxyl groups is 1. The summed E-state index contributed by atoms with van der Waals surface area (Å²) in [5.41, 5.74) is 1.92. The van der Waals surface area contributed by atoms with Crippen molar-refractivity contribution in [3.05, 3.63) is 35.9 Å². The van der Waals surface area contributed by atoms with Gasteiger partial charge in [0.25, 0.3) is 0 Å². The lowest BCUT2D eigenvalue weighted by atomic mass is 10.1. The zero-order valence-corrected chi connectivity index (χ0v) is 12.8. The summed E-state index contributed by atoms with van der Waals surface area (Å²) in [7, 11) is 0. The summed E-state index contributed by atoms with van der Waals surface area (Å²) in [5.74, 6) is 0.987. The maximum absolute atomic E-state index is 9.62. The lowest BCUT2D eigenvalue weighted by Gasteiger charge is -2.37. The average Bonchev–Trinajstić information content (AvgIpc) is 2.53. The second-order valence-corrected chi connectivity index (χ2v) is 5.93. The predicted molar refractivity (Wildman–Crippen MR) is 86.6 cm³/mol. The molecule has 0 amide bonds. The van der Waals surface area contributed by atoms with E-state index in [0.29, 0.717) is 6.04 Å². The second kappa shape index (κ2) is 6.00. The summed E-state index contributed by atoms with van der Waals surface area (Å²) < 4.78 is 0. The molecule has 0 bridgehead atoms. The van der Waals surface area contributed by atoms with E-state index in [9.17, 15) is 5.11 Å². The van der Waals surface area contributed by atoms with Crippen LogP contribution in [-0.4, -0.2) is 47.2 Å². The van der Waals surface area contributed by atoms with E-state index >= 15 is 0 Å². The molecule has 0 radical (unpaired) electrons. The van der Waals surface area contributed by atoms with Gasteiger partial charge in [-0.25, -0.2) is 4.98 Å². The van der Waals surface area contributed by atoms with Gasteiger partial charge in [0.05, 0.1) is 12.1 Å². The van der Waals surface area contributed by atoms with Crippen molar-refractivity contribution < 1.29 is 5.11 Å². The highest BCUT2D eigenvalue weighted by molar-refractivity contribution is 5.84. The van der Waals surface area contributed by atoms with Crippen molar-refractivity contribution >= 4 is 16.7 Å². The van der Waals surface area contributed by atoms with Gasteiger partial charge >= 0.3 is 0 Å². The van der Waals surface area contributed by atoms with E-state index in [1.807, 2.05) is 30.3 Å². The van der Waals surface area contributed by atoms with Gasteiger partial charge in [0.15, 0.2) is 0 Å². The number of anilines is 1. The summed E-state index contributed by atoms with van der Waals surface area (Å²) in [6.45, 7) is 8.67. The van der Waals surface area contributed by atoms with Gasteiger partial charge in [-0.2, -0.15) is 0 Å². The van der Waals surface area contributed by atoms with Crippen molar-refractivity contribution in [1.29, 1.82) is 0 Å². The smallest absolute Gasteiger partial charge is 0.129 e. The summed E-state index contributed by atoms with van der Waals surface area (Å²) in [4.78, 5) is 9.59. The Kier molecular flexibility index (Phi) is 4.08. The van der Waals surface area contributed by atoms with E-state index in [0.717, 1.165) is 48.5 Å². The van der Waals surface area contributed by atoms with Crippen LogP contribution in [0, 0.1) is 0 Å². The number of pyridine rings is 1. The monoisotopic (exact) mass is 285 g/mol. The van der Waals surface area contributed by atoms with Crippen LogP contribution in [0.1, 0.15) is 19.4 Å². The Hall–Kier alpha value is -1.65. The Morgan fingerprint density at radius 1 is 1.14 bits per heavy atom. The number of para-hydroxylation sites is 1. The number of rotatable bonds is 3. The van der Waals surface area contributed by atoms with Crippen LogP contribution >= 0.6 is 0 Å². The molecule has 1 fully saturated rings. The molecule has 4 nitrogen and oxygen atoms in total. The molecule has 1 aromatic carbocycles. The van der Waals surface area contributed by atoms with E-state index in [4.69, 9.17) is 4.98 Å². The zero-order chi connectivity index (χ0) is 14.8. The Balaban J connectivity index is 1.88. The van der Waals surface area contributed by atoms with Gasteiger partial charge in [-0.05, 0) is 31.5 Å². The number of nitrogens with zero attached hydrogens (tertiary/aromatic N) is 3. The molecule has 4 heteroatoms. The van der Waals surface area contributed by atoms with E-state index in [1.165, 1.54) is 0 Å². The molecule has 0 saturated carbocycles. The fourth-order valence-electron chi connectivity index (χ4n) is 2.99. The third-order valence-electron chi connectivity index (χ3n) is 4.33. The molecule has 0 unspecified atom stereocenters. The first-order chi connectivity index (χ1) is 10.2. The molecule has 2 heterocycles. The molecule has 2 aromatic rings. The van der Waals surface area contributed by atoms with Crippen LogP contribution in [0.4, 0.5) is 5.82 Å². The summed E-state index contributed by atoms with van der Waals surface area (Å²) >= 11 is 0. The Labute approximate surface area is 126 Å². The average molecular weight is 285 g/mol. The largest absolute Gasteiger partial charge is 0.392 e. The number of hydrogen-bond donors (Lipinski definition) is 1. The molecule has 3 rings (SSSR count). The Morgan fingerprint density at radius 2 is 1.86 bits per heavy atom. The molecule has 0 aliphatic carbocycles. The Morgan fingerprint density at radius 3 is 2.52 bits per heavy atom. The first kappa shape index (κ1) is 14.3. The molecule has 1 aliphatic heterocycles. The highest BCUT2D eigenvalue weighted by atomic mass is 16.3. The van der Waals surface area contributed by atoms with Crippen molar-refractivity contribution in [3.8, 4) is 0 Å². The van der Waals surface area contributed by atoms with Crippen LogP contribution in [-0.2, 0) is 6.61 Å². The molecule has 1 saturated heterocycles. The van der Waals surface area contributed by atoms with Crippen LogP contribution < -0.4 is 4.90 Å². The number of hydrogen-bond acceptors (Lipinski definition) is 4. The second-order valence-electron chi connectivity index (χ2n) is 5.93. The summed E-state index contributed by atoms with van der Waals surface area (Å²) in [5, 5.41) is 10.7. The third kappa shape index (κ3) is 2.87. The highest BCUT2D eigenvalue weighted by Crippen LogP contribution is 2.24. The lowest BCUT2D eigenvalue weighted by molar-refractivity contribution is 0.209. The maximum atomic E-state index is 9.62. The summed E-state index contributed by atoms with van der Waals surface area (Å²) in [6, 6.07) is 10.7. The maximum Gasteiger partial charge on any atom is 0.129 e. The first-order valence-electron chi connectivity index (χ1n) is 7.67. The van der Waals surface area contributed by atoms with Gasteiger partial charge < -0.3 is 10.0 Å². The van der Waals surface area contributed by atoms with E-state index in [1.54, 1.807) is 0 Å². The Bertz CT molecular complexity index is 618. The minimum Gasteiger partial charge on any atom is -0.392 e. The third-order valence-corrected chi connectivity index (χ3v) is 4.33. The predicted octanol–water partition coefficient (Wildman–Crippen LogP) is 2.26. The van der Waals surface area contributed by atoms with Crippen molar-refractivity contribution in [2.24, 2.45) is 0 Å². The molecule has 0 spiro atoms. The molecule has 21 heavy (non-hydrogen) atoms. The van der Waals surface area contributed by atoms with Crippen molar-refractivity contribution in [3.63, 3.8) is 0 Å². The number of fused-ring (bicyclic) bond motifs is 1. The standard InChI is InChI=1S/C17H23N3O/c1-13(2)19-7-9-20(10-8-19)17-11-14(12-21)15-5-3-4-6-16(15)18-17/h3-6,11,13,21H,7-10,12H2,1-2H3. The molecular weight excluding hydrogens is 262 g/mol. The number of piperazine rings is 1. The highest BCUT2D eigenvalue weighted by Gasteiger charge is 2.20. The van der Waals surface area contributed by atoms with Crippen LogP contribution in [0.5, 0.6) is 0 Å². The topological polar surface area (TPSA) is 39.6 Å². The van der Waals surface area contributed by atoms with Gasteiger partial charge in [0.2, 0.25) is 0 Å². The van der Waals surface area contributed by atoms with Crippen LogP contribution in [0.3, 0.4) is 0 Å². The minimum absolute atomic E-state index is 0.0575.